The summed E-state index contributed by atoms with van der Waals surface area (Å²) in [4.78, 5) is 4.78. The standard InChI is InChI=1S/C30H32N3.Ir/c1-20(2)17-23-19-27-28(24-13-9-10-14-26(24)32(27)5)25(18-21(3)4)29(23)33-16-15-31-30(33)22-11-7-6-8-12-22;/h6-11,13-16,19-21H,17-18H2,1-5H3;/q-1;. The van der Waals surface area contributed by atoms with Crippen LogP contribution >= 0.6 is 0 Å². The van der Waals surface area contributed by atoms with Gasteiger partial charge in [0.05, 0.1) is 5.82 Å². The Balaban J connectivity index is 0.00000274. The number of hydrogen-bond acceptors (Lipinski definition) is 1. The van der Waals surface area contributed by atoms with Crippen LogP contribution in [0.25, 0.3) is 38.9 Å². The molecular formula is C30H32IrN3-. The maximum absolute atomic E-state index is 4.78. The van der Waals surface area contributed by atoms with Gasteiger partial charge >= 0.3 is 0 Å². The third kappa shape index (κ3) is 4.26. The molecule has 0 fully saturated rings. The first-order valence-corrected chi connectivity index (χ1v) is 12.0. The van der Waals surface area contributed by atoms with Crippen molar-refractivity contribution in [1.29, 1.82) is 0 Å². The van der Waals surface area contributed by atoms with Crippen molar-refractivity contribution in [2.24, 2.45) is 18.9 Å². The Hall–Kier alpha value is -2.68. The SMILES string of the molecule is CC(C)Cc1cc2c(c(CC(C)C)c1-n1ccnc1-c1[c-]cccc1)c1ccccc1n2C.[Ir]. The molecule has 0 bridgehead atoms. The van der Waals surface area contributed by atoms with Crippen LogP contribution in [0.4, 0.5) is 0 Å². The van der Waals surface area contributed by atoms with Crippen LogP contribution in [-0.4, -0.2) is 14.1 Å². The molecule has 0 N–H and O–H groups in total. The molecule has 5 rings (SSSR count). The third-order valence-electron chi connectivity index (χ3n) is 6.43. The quantitative estimate of drug-likeness (QED) is 0.181. The van der Waals surface area contributed by atoms with Gasteiger partial charge in [-0.05, 0) is 47.9 Å². The molecular weight excluding hydrogens is 595 g/mol. The second-order valence-corrected chi connectivity index (χ2v) is 9.93. The number of para-hydroxylation sites is 1. The van der Waals surface area contributed by atoms with Gasteiger partial charge in [0.2, 0.25) is 0 Å². The number of benzene rings is 3. The molecule has 4 heteroatoms. The molecule has 2 heterocycles. The van der Waals surface area contributed by atoms with E-state index in [-0.39, 0.29) is 20.1 Å². The topological polar surface area (TPSA) is 22.8 Å². The molecule has 0 atom stereocenters. The molecule has 3 aromatic carbocycles. The number of aromatic nitrogens is 3. The molecule has 0 saturated heterocycles. The summed E-state index contributed by atoms with van der Waals surface area (Å²) in [5.41, 5.74) is 7.73. The van der Waals surface area contributed by atoms with Crippen LogP contribution in [0.1, 0.15) is 38.8 Å². The fourth-order valence-corrected chi connectivity index (χ4v) is 5.16. The molecule has 1 radical (unpaired) electrons. The Morgan fingerprint density at radius 2 is 1.65 bits per heavy atom. The minimum absolute atomic E-state index is 0. The van der Waals surface area contributed by atoms with Gasteiger partial charge < -0.3 is 9.13 Å². The van der Waals surface area contributed by atoms with Gasteiger partial charge in [-0.3, -0.25) is 4.98 Å². The van der Waals surface area contributed by atoms with Crippen molar-refractivity contribution in [3.63, 3.8) is 0 Å². The normalized spacial score (nSPS) is 11.6. The zero-order valence-corrected chi connectivity index (χ0v) is 23.0. The summed E-state index contributed by atoms with van der Waals surface area (Å²) in [5, 5.41) is 2.71. The Morgan fingerprint density at radius 1 is 0.912 bits per heavy atom. The Labute approximate surface area is 216 Å². The predicted molar refractivity (Wildman–Crippen MR) is 139 cm³/mol. The number of fused-ring (bicyclic) bond motifs is 3. The first-order valence-electron chi connectivity index (χ1n) is 12.0. The van der Waals surface area contributed by atoms with Crippen LogP contribution in [0.15, 0.2) is 67.0 Å². The summed E-state index contributed by atoms with van der Waals surface area (Å²) in [6, 6.07) is 22.7. The molecule has 0 aliphatic rings. The van der Waals surface area contributed by atoms with Gasteiger partial charge in [-0.2, -0.15) is 0 Å². The molecule has 0 amide bonds. The van der Waals surface area contributed by atoms with Crippen molar-refractivity contribution in [3.05, 3.63) is 84.2 Å². The molecule has 3 nitrogen and oxygen atoms in total. The summed E-state index contributed by atoms with van der Waals surface area (Å²) in [6.45, 7) is 9.24. The first-order chi connectivity index (χ1) is 16.0. The van der Waals surface area contributed by atoms with Crippen molar-refractivity contribution < 1.29 is 20.1 Å². The van der Waals surface area contributed by atoms with Crippen molar-refractivity contribution >= 4 is 21.8 Å². The smallest absolute Gasteiger partial charge is 0.0602 e. The molecule has 0 spiro atoms. The van der Waals surface area contributed by atoms with Gasteiger partial charge in [-0.15, -0.1) is 35.9 Å². The molecule has 0 aliphatic heterocycles. The fraction of sp³-hybridized carbons (Fsp3) is 0.300. The first kappa shape index (κ1) is 24.4. The van der Waals surface area contributed by atoms with E-state index in [4.69, 9.17) is 4.98 Å². The monoisotopic (exact) mass is 627 g/mol. The average molecular weight is 627 g/mol. The van der Waals surface area contributed by atoms with Gasteiger partial charge in [0.25, 0.3) is 0 Å². The minimum atomic E-state index is 0. The van der Waals surface area contributed by atoms with Crippen LogP contribution in [0.3, 0.4) is 0 Å². The second-order valence-electron chi connectivity index (χ2n) is 9.93. The van der Waals surface area contributed by atoms with E-state index in [1.54, 1.807) is 0 Å². The van der Waals surface area contributed by atoms with E-state index in [1.165, 1.54) is 38.6 Å². The van der Waals surface area contributed by atoms with E-state index in [9.17, 15) is 0 Å². The molecule has 0 saturated carbocycles. The summed E-state index contributed by atoms with van der Waals surface area (Å²) in [6.07, 6.45) is 6.08. The van der Waals surface area contributed by atoms with Gasteiger partial charge in [0.1, 0.15) is 0 Å². The molecule has 2 aromatic heterocycles. The number of hydrogen-bond donors (Lipinski definition) is 0. The predicted octanol–water partition coefficient (Wildman–Crippen LogP) is 7.38. The summed E-state index contributed by atoms with van der Waals surface area (Å²) in [5.74, 6) is 2.04. The number of nitrogens with zero attached hydrogens (tertiary/aromatic N) is 3. The van der Waals surface area contributed by atoms with Gasteiger partial charge in [-0.25, -0.2) is 0 Å². The van der Waals surface area contributed by atoms with E-state index in [0.717, 1.165) is 24.2 Å². The van der Waals surface area contributed by atoms with Crippen molar-refractivity contribution in [2.75, 3.05) is 0 Å². The van der Waals surface area contributed by atoms with Gasteiger partial charge in [0.15, 0.2) is 0 Å². The third-order valence-corrected chi connectivity index (χ3v) is 6.43. The second kappa shape index (κ2) is 9.90. The van der Waals surface area contributed by atoms with Crippen LogP contribution in [0.5, 0.6) is 0 Å². The summed E-state index contributed by atoms with van der Waals surface area (Å²) in [7, 11) is 2.20. The zero-order chi connectivity index (χ0) is 23.1. The maximum atomic E-state index is 4.78. The maximum Gasteiger partial charge on any atom is 0.0602 e. The van der Waals surface area contributed by atoms with Crippen molar-refractivity contribution in [2.45, 2.75) is 40.5 Å². The van der Waals surface area contributed by atoms with Crippen LogP contribution in [0.2, 0.25) is 0 Å². The fourth-order valence-electron chi connectivity index (χ4n) is 5.16. The Bertz CT molecular complexity index is 1420. The van der Waals surface area contributed by atoms with Crippen LogP contribution in [-0.2, 0) is 40.0 Å². The zero-order valence-electron chi connectivity index (χ0n) is 20.6. The van der Waals surface area contributed by atoms with E-state index in [1.807, 2.05) is 18.3 Å². The Morgan fingerprint density at radius 3 is 2.35 bits per heavy atom. The minimum Gasteiger partial charge on any atom is -0.344 e. The summed E-state index contributed by atoms with van der Waals surface area (Å²) >= 11 is 0. The largest absolute Gasteiger partial charge is 0.344 e. The van der Waals surface area contributed by atoms with E-state index in [2.05, 4.69) is 98.6 Å². The van der Waals surface area contributed by atoms with E-state index < -0.39 is 0 Å². The van der Waals surface area contributed by atoms with Crippen LogP contribution in [0, 0.1) is 17.9 Å². The Kier molecular flexibility index (Phi) is 7.11. The van der Waals surface area contributed by atoms with Crippen molar-refractivity contribution in [3.8, 4) is 17.1 Å². The molecule has 34 heavy (non-hydrogen) atoms. The van der Waals surface area contributed by atoms with E-state index >= 15 is 0 Å². The van der Waals surface area contributed by atoms with Crippen molar-refractivity contribution in [1.82, 2.24) is 14.1 Å². The molecule has 177 valence electrons. The van der Waals surface area contributed by atoms with E-state index in [0.29, 0.717) is 11.8 Å². The van der Waals surface area contributed by atoms with Gasteiger partial charge in [-0.1, -0.05) is 45.9 Å². The number of imidazole rings is 1. The van der Waals surface area contributed by atoms with Crippen LogP contribution < -0.4 is 0 Å². The molecule has 0 aliphatic carbocycles. The molecule has 5 aromatic rings. The average Bonchev–Trinajstić information content (AvgIpc) is 3.37. The molecule has 0 unspecified atom stereocenters. The number of rotatable bonds is 6. The van der Waals surface area contributed by atoms with Gasteiger partial charge in [0, 0.05) is 67.0 Å². The summed E-state index contributed by atoms with van der Waals surface area (Å²) < 4.78 is 4.67. The number of aryl methyl sites for hydroxylation is 1.